The van der Waals surface area contributed by atoms with Gasteiger partial charge in [0.1, 0.15) is 5.65 Å². The fourth-order valence-corrected chi connectivity index (χ4v) is 3.34. The molecule has 0 bridgehead atoms. The number of imidazole rings is 1. The van der Waals surface area contributed by atoms with E-state index in [-0.39, 0.29) is 0 Å². The van der Waals surface area contributed by atoms with Gasteiger partial charge in [-0.25, -0.2) is 25.8 Å². The predicted molar refractivity (Wildman–Crippen MR) is 133 cm³/mol. The molecule has 5 rings (SSSR count). The van der Waals surface area contributed by atoms with E-state index < -0.39 is 0 Å². The van der Waals surface area contributed by atoms with Crippen molar-refractivity contribution in [2.75, 3.05) is 26.2 Å². The molecule has 0 unspecified atom stereocenters. The van der Waals surface area contributed by atoms with E-state index in [4.69, 9.17) is 0 Å². The molecule has 4 N–H and O–H groups in total. The molecule has 1 aromatic carbocycles. The number of pyridine rings is 1. The maximum atomic E-state index is 4.65. The van der Waals surface area contributed by atoms with E-state index in [0.29, 0.717) is 11.9 Å². The topological polar surface area (TPSA) is 115 Å². The van der Waals surface area contributed by atoms with Gasteiger partial charge in [-0.15, -0.1) is 0 Å². The molecule has 0 saturated heterocycles. The Morgan fingerprint density at radius 1 is 0.758 bits per heavy atom. The van der Waals surface area contributed by atoms with Crippen molar-refractivity contribution in [3.8, 4) is 0 Å². The monoisotopic (exact) mass is 440 g/mol. The highest BCUT2D eigenvalue weighted by Crippen LogP contribution is 2.11. The third-order valence-electron chi connectivity index (χ3n) is 4.99. The molecule has 3 aromatic rings. The van der Waals surface area contributed by atoms with Gasteiger partial charge in [-0.2, -0.15) is 10.2 Å². The van der Waals surface area contributed by atoms with Gasteiger partial charge in [0, 0.05) is 31.0 Å². The van der Waals surface area contributed by atoms with Crippen molar-refractivity contribution in [1.29, 1.82) is 0 Å². The summed E-state index contributed by atoms with van der Waals surface area (Å²) in [5, 5.41) is 14.6. The van der Waals surface area contributed by atoms with Crippen molar-refractivity contribution in [2.24, 2.45) is 20.2 Å². The number of guanidine groups is 2. The average Bonchev–Trinajstić information content (AvgIpc) is 3.60. The molecule has 2 aliphatic heterocycles. The molecule has 10 heteroatoms. The van der Waals surface area contributed by atoms with Gasteiger partial charge in [0.25, 0.3) is 0 Å². The van der Waals surface area contributed by atoms with Crippen LogP contribution in [0, 0.1) is 0 Å². The summed E-state index contributed by atoms with van der Waals surface area (Å²) in [6, 6.07) is 12.1. The zero-order chi connectivity index (χ0) is 22.3. The Kier molecular flexibility index (Phi) is 6.05. The quantitative estimate of drug-likeness (QED) is 0.340. The lowest BCUT2D eigenvalue weighted by molar-refractivity contribution is 0.919. The second-order valence-electron chi connectivity index (χ2n) is 7.45. The first-order valence-corrected chi connectivity index (χ1v) is 10.7. The second kappa shape index (κ2) is 9.77. The largest absolute Gasteiger partial charge is 0.353 e. The van der Waals surface area contributed by atoms with Crippen LogP contribution in [-0.2, 0) is 0 Å². The number of benzene rings is 1. The molecule has 2 aliphatic rings. The van der Waals surface area contributed by atoms with Gasteiger partial charge in [0.15, 0.2) is 0 Å². The SMILES string of the molecule is C(=C\c1cn2cc(/C=N/NC3=NCCN3)ccc2n1)/c1ccc(/C=N/NC2=NCCN2)cc1. The van der Waals surface area contributed by atoms with Crippen LogP contribution in [0.3, 0.4) is 0 Å². The number of nitrogens with one attached hydrogen (secondary N) is 4. The van der Waals surface area contributed by atoms with E-state index >= 15 is 0 Å². The number of fused-ring (bicyclic) bond motifs is 1. The smallest absolute Gasteiger partial charge is 0.212 e. The maximum Gasteiger partial charge on any atom is 0.212 e. The number of rotatable bonds is 6. The van der Waals surface area contributed by atoms with Crippen molar-refractivity contribution in [2.45, 2.75) is 0 Å². The van der Waals surface area contributed by atoms with E-state index in [1.165, 1.54) is 0 Å². The zero-order valence-electron chi connectivity index (χ0n) is 17.9. The molecule has 0 radical (unpaired) electrons. The summed E-state index contributed by atoms with van der Waals surface area (Å²) in [6.45, 7) is 3.26. The van der Waals surface area contributed by atoms with Crippen molar-refractivity contribution in [3.63, 3.8) is 0 Å². The minimum atomic E-state index is 0.704. The van der Waals surface area contributed by atoms with Gasteiger partial charge in [-0.3, -0.25) is 0 Å². The Morgan fingerprint density at radius 3 is 2.06 bits per heavy atom. The highest BCUT2D eigenvalue weighted by atomic mass is 15.4. The Labute approximate surface area is 190 Å². The minimum Gasteiger partial charge on any atom is -0.353 e. The van der Waals surface area contributed by atoms with E-state index in [1.54, 1.807) is 12.4 Å². The Bertz CT molecular complexity index is 1260. The maximum absolute atomic E-state index is 4.65. The van der Waals surface area contributed by atoms with Crippen LogP contribution in [0.2, 0.25) is 0 Å². The molecule has 0 saturated carbocycles. The fraction of sp³-hybridized carbons (Fsp3) is 0.174. The molecule has 166 valence electrons. The van der Waals surface area contributed by atoms with Crippen molar-refractivity contribution < 1.29 is 0 Å². The van der Waals surface area contributed by atoms with Crippen LogP contribution in [0.5, 0.6) is 0 Å². The van der Waals surface area contributed by atoms with E-state index in [0.717, 1.165) is 54.2 Å². The summed E-state index contributed by atoms with van der Waals surface area (Å²) in [5.41, 5.74) is 10.6. The Balaban J connectivity index is 1.19. The molecule has 4 heterocycles. The van der Waals surface area contributed by atoms with E-state index in [2.05, 4.69) is 46.7 Å². The number of aliphatic imine (C=N–C) groups is 2. The highest BCUT2D eigenvalue weighted by molar-refractivity contribution is 5.85. The number of hydrazone groups is 2. The standard InChI is InChI=1S/C23H24N10/c1-3-18(13-28-31-22-24-9-10-25-22)4-2-17(1)5-7-20-16-33-15-19(6-8-21(33)30-20)14-29-32-23-26-11-12-27-23/h1-8,13-16H,9-12H2,(H2,24,25,31)(H2,26,27,32)/b7-5+,28-13+,29-14+. The van der Waals surface area contributed by atoms with Crippen LogP contribution in [-0.4, -0.2) is 59.9 Å². The van der Waals surface area contributed by atoms with Gasteiger partial charge in [0.05, 0.1) is 31.2 Å². The average molecular weight is 441 g/mol. The zero-order valence-corrected chi connectivity index (χ0v) is 17.9. The number of aromatic nitrogens is 2. The molecule has 0 atom stereocenters. The first kappa shape index (κ1) is 20.4. The van der Waals surface area contributed by atoms with Crippen LogP contribution >= 0.6 is 0 Å². The van der Waals surface area contributed by atoms with Crippen LogP contribution in [0.4, 0.5) is 0 Å². The van der Waals surface area contributed by atoms with E-state index in [9.17, 15) is 0 Å². The molecule has 0 spiro atoms. The Hall–Kier alpha value is -4.47. The molecule has 10 nitrogen and oxygen atoms in total. The summed E-state index contributed by atoms with van der Waals surface area (Å²) >= 11 is 0. The number of nitrogens with zero attached hydrogens (tertiary/aromatic N) is 6. The summed E-state index contributed by atoms with van der Waals surface area (Å²) in [4.78, 5) is 13.1. The Morgan fingerprint density at radius 2 is 1.39 bits per heavy atom. The van der Waals surface area contributed by atoms with Gasteiger partial charge in [-0.1, -0.05) is 30.3 Å². The molecule has 0 aliphatic carbocycles. The van der Waals surface area contributed by atoms with Crippen LogP contribution in [0.1, 0.15) is 22.4 Å². The predicted octanol–water partition coefficient (Wildman–Crippen LogP) is 1.27. The van der Waals surface area contributed by atoms with Crippen molar-refractivity contribution >= 4 is 42.1 Å². The van der Waals surface area contributed by atoms with Gasteiger partial charge in [-0.05, 0) is 29.3 Å². The molecule has 33 heavy (non-hydrogen) atoms. The lowest BCUT2D eigenvalue weighted by Crippen LogP contribution is -2.30. The summed E-state index contributed by atoms with van der Waals surface area (Å²) in [5.74, 6) is 1.42. The van der Waals surface area contributed by atoms with Gasteiger partial charge < -0.3 is 15.0 Å². The third kappa shape index (κ3) is 5.42. The fourth-order valence-electron chi connectivity index (χ4n) is 3.34. The summed E-state index contributed by atoms with van der Waals surface area (Å²) < 4.78 is 1.99. The van der Waals surface area contributed by atoms with Crippen LogP contribution in [0.25, 0.3) is 17.8 Å². The number of hydrogen-bond donors (Lipinski definition) is 4. The molecule has 0 fully saturated rings. The summed E-state index contributed by atoms with van der Waals surface area (Å²) in [6.07, 6.45) is 11.6. The van der Waals surface area contributed by atoms with Gasteiger partial charge >= 0.3 is 0 Å². The first-order valence-electron chi connectivity index (χ1n) is 10.7. The normalized spacial score (nSPS) is 15.9. The van der Waals surface area contributed by atoms with Crippen molar-refractivity contribution in [3.05, 3.63) is 71.2 Å². The number of hydrogen-bond acceptors (Lipinski definition) is 9. The lowest BCUT2D eigenvalue weighted by Gasteiger charge is -1.99. The highest BCUT2D eigenvalue weighted by Gasteiger charge is 2.03. The second-order valence-corrected chi connectivity index (χ2v) is 7.45. The molecule has 0 amide bonds. The van der Waals surface area contributed by atoms with Gasteiger partial charge in [0.2, 0.25) is 11.9 Å². The molecular formula is C23H24N10. The minimum absolute atomic E-state index is 0.704. The van der Waals surface area contributed by atoms with E-state index in [1.807, 2.05) is 65.3 Å². The lowest BCUT2D eigenvalue weighted by atomic mass is 10.1. The third-order valence-corrected chi connectivity index (χ3v) is 4.99. The first-order chi connectivity index (χ1) is 16.3. The van der Waals surface area contributed by atoms with Crippen molar-refractivity contribution in [1.82, 2.24) is 30.9 Å². The molecular weight excluding hydrogens is 416 g/mol. The van der Waals surface area contributed by atoms with Crippen LogP contribution < -0.4 is 21.5 Å². The molecule has 2 aromatic heterocycles. The summed E-state index contributed by atoms with van der Waals surface area (Å²) in [7, 11) is 0. The van der Waals surface area contributed by atoms with Crippen LogP contribution in [0.15, 0.2) is 69.0 Å².